The molecular weight excluding hydrogens is 276 g/mol. The van der Waals surface area contributed by atoms with Crippen molar-refractivity contribution in [1.82, 2.24) is 19.7 Å². The van der Waals surface area contributed by atoms with Crippen molar-refractivity contribution in [3.63, 3.8) is 0 Å². The highest BCUT2D eigenvalue weighted by Gasteiger charge is 2.61. The first-order valence-electron chi connectivity index (χ1n) is 8.02. The fraction of sp³-hybridized carbons (Fsp3) is 0.588. The molecule has 116 valence electrons. The Hall–Kier alpha value is -1.91. The van der Waals surface area contributed by atoms with Gasteiger partial charge in [0, 0.05) is 24.6 Å². The molecule has 3 atom stereocenters. The zero-order valence-electron chi connectivity index (χ0n) is 13.3. The van der Waals surface area contributed by atoms with Crippen molar-refractivity contribution in [3.05, 3.63) is 30.4 Å². The Balaban J connectivity index is 1.58. The summed E-state index contributed by atoms with van der Waals surface area (Å²) in [6.07, 6.45) is 8.85. The monoisotopic (exact) mass is 298 g/mol. The third-order valence-electron chi connectivity index (χ3n) is 6.57. The molecule has 2 bridgehead atoms. The number of nitrogens with zero attached hydrogens (tertiary/aromatic N) is 3. The molecule has 0 unspecified atom stereocenters. The van der Waals surface area contributed by atoms with Crippen molar-refractivity contribution >= 4 is 11.7 Å². The van der Waals surface area contributed by atoms with Gasteiger partial charge in [-0.25, -0.2) is 9.97 Å². The van der Waals surface area contributed by atoms with E-state index in [1.807, 2.05) is 12.3 Å². The lowest BCUT2D eigenvalue weighted by Crippen LogP contribution is -2.46. The highest BCUT2D eigenvalue weighted by molar-refractivity contribution is 5.93. The number of hydrogen-bond donors (Lipinski definition) is 1. The Morgan fingerprint density at radius 2 is 2.23 bits per heavy atom. The SMILES string of the molecule is CC1(C)[C@H]2CC[C@@]1(C)[C@@H](NC(=O)c1cn3cccnc3n1)C2. The number of carbonyl (C=O) groups excluding carboxylic acids is 1. The van der Waals surface area contributed by atoms with E-state index in [4.69, 9.17) is 0 Å². The van der Waals surface area contributed by atoms with Crippen LogP contribution in [0.2, 0.25) is 0 Å². The zero-order valence-corrected chi connectivity index (χ0v) is 13.3. The fourth-order valence-corrected chi connectivity index (χ4v) is 4.59. The topological polar surface area (TPSA) is 59.3 Å². The second kappa shape index (κ2) is 4.31. The first kappa shape index (κ1) is 13.7. The van der Waals surface area contributed by atoms with Crippen molar-refractivity contribution in [2.24, 2.45) is 16.7 Å². The van der Waals surface area contributed by atoms with Crippen molar-refractivity contribution < 1.29 is 4.79 Å². The molecule has 4 rings (SSSR count). The van der Waals surface area contributed by atoms with Gasteiger partial charge in [-0.2, -0.15) is 0 Å². The van der Waals surface area contributed by atoms with Crippen LogP contribution < -0.4 is 5.32 Å². The largest absolute Gasteiger partial charge is 0.347 e. The molecular formula is C17H22N4O. The molecule has 0 spiro atoms. The van der Waals surface area contributed by atoms with E-state index in [-0.39, 0.29) is 17.4 Å². The minimum absolute atomic E-state index is 0.0833. The van der Waals surface area contributed by atoms with Gasteiger partial charge in [0.25, 0.3) is 5.91 Å². The Bertz CT molecular complexity index is 717. The molecule has 1 amide bonds. The molecule has 0 radical (unpaired) electrons. The van der Waals surface area contributed by atoms with Gasteiger partial charge in [-0.3, -0.25) is 9.20 Å². The molecule has 2 aliphatic rings. The highest BCUT2D eigenvalue weighted by atomic mass is 16.2. The molecule has 5 heteroatoms. The lowest BCUT2D eigenvalue weighted by molar-refractivity contribution is 0.0822. The average Bonchev–Trinajstić information content (AvgIpc) is 3.06. The number of fused-ring (bicyclic) bond motifs is 3. The summed E-state index contributed by atoms with van der Waals surface area (Å²) in [6, 6.07) is 2.07. The van der Waals surface area contributed by atoms with Gasteiger partial charge < -0.3 is 5.32 Å². The first-order chi connectivity index (χ1) is 10.4. The standard InChI is InChI=1S/C17H22N4O/c1-16(2)11-5-6-17(16,3)13(9-11)20-14(22)12-10-21-8-4-7-18-15(21)19-12/h4,7-8,10-11,13H,5-6,9H2,1-3H3,(H,20,22)/t11-,13-,17-/m0/s1. The van der Waals surface area contributed by atoms with E-state index in [0.29, 0.717) is 22.8 Å². The van der Waals surface area contributed by atoms with Crippen molar-refractivity contribution in [1.29, 1.82) is 0 Å². The summed E-state index contributed by atoms with van der Waals surface area (Å²) in [4.78, 5) is 21.1. The van der Waals surface area contributed by atoms with E-state index in [1.165, 1.54) is 12.8 Å². The van der Waals surface area contributed by atoms with Crippen LogP contribution in [0.4, 0.5) is 0 Å². The van der Waals surface area contributed by atoms with E-state index < -0.39 is 0 Å². The van der Waals surface area contributed by atoms with E-state index in [1.54, 1.807) is 16.8 Å². The van der Waals surface area contributed by atoms with Crippen molar-refractivity contribution in [2.45, 2.75) is 46.1 Å². The van der Waals surface area contributed by atoms with Gasteiger partial charge >= 0.3 is 0 Å². The third-order valence-corrected chi connectivity index (χ3v) is 6.57. The molecule has 2 fully saturated rings. The van der Waals surface area contributed by atoms with E-state index in [0.717, 1.165) is 6.42 Å². The Morgan fingerprint density at radius 3 is 2.86 bits per heavy atom. The van der Waals surface area contributed by atoms with E-state index in [2.05, 4.69) is 36.1 Å². The second-order valence-electron chi connectivity index (χ2n) is 7.59. The van der Waals surface area contributed by atoms with E-state index >= 15 is 0 Å². The third kappa shape index (κ3) is 1.68. The van der Waals surface area contributed by atoms with Crippen LogP contribution in [0.1, 0.15) is 50.5 Å². The lowest BCUT2D eigenvalue weighted by atomic mass is 9.69. The van der Waals surface area contributed by atoms with Gasteiger partial charge in [0.2, 0.25) is 5.78 Å². The van der Waals surface area contributed by atoms with Crippen molar-refractivity contribution in [2.75, 3.05) is 0 Å². The van der Waals surface area contributed by atoms with Crippen LogP contribution in [0.5, 0.6) is 0 Å². The zero-order chi connectivity index (χ0) is 15.5. The minimum Gasteiger partial charge on any atom is -0.347 e. The summed E-state index contributed by atoms with van der Waals surface area (Å²) < 4.78 is 1.78. The maximum absolute atomic E-state index is 12.6. The number of aromatic nitrogens is 3. The van der Waals surface area contributed by atoms with Crippen LogP contribution in [0.15, 0.2) is 24.7 Å². The smallest absolute Gasteiger partial charge is 0.271 e. The summed E-state index contributed by atoms with van der Waals surface area (Å²) >= 11 is 0. The number of nitrogens with one attached hydrogen (secondary N) is 1. The van der Waals surface area contributed by atoms with Crippen LogP contribution in [-0.2, 0) is 0 Å². The molecule has 2 heterocycles. The number of amides is 1. The van der Waals surface area contributed by atoms with Crippen LogP contribution in [0.25, 0.3) is 5.78 Å². The highest BCUT2D eigenvalue weighted by Crippen LogP contribution is 2.65. The Labute approximate surface area is 130 Å². The number of rotatable bonds is 2. The minimum atomic E-state index is -0.0833. The van der Waals surface area contributed by atoms with Gasteiger partial charge in [0.05, 0.1) is 0 Å². The van der Waals surface area contributed by atoms with E-state index in [9.17, 15) is 4.79 Å². The fourth-order valence-electron chi connectivity index (χ4n) is 4.59. The number of imidazole rings is 1. The summed E-state index contributed by atoms with van der Waals surface area (Å²) in [5.41, 5.74) is 0.929. The van der Waals surface area contributed by atoms with Gasteiger partial charge in [-0.1, -0.05) is 20.8 Å². The molecule has 2 aromatic heterocycles. The quantitative estimate of drug-likeness (QED) is 0.927. The maximum atomic E-state index is 12.6. The van der Waals surface area contributed by atoms with Crippen molar-refractivity contribution in [3.8, 4) is 0 Å². The average molecular weight is 298 g/mol. The predicted molar refractivity (Wildman–Crippen MR) is 83.5 cm³/mol. The normalized spacial score (nSPS) is 32.5. The summed E-state index contributed by atoms with van der Waals surface area (Å²) in [6.45, 7) is 7.04. The summed E-state index contributed by atoms with van der Waals surface area (Å²) in [5, 5.41) is 3.24. The molecule has 0 aromatic carbocycles. The first-order valence-corrected chi connectivity index (χ1v) is 8.02. The summed E-state index contributed by atoms with van der Waals surface area (Å²) in [5.74, 6) is 1.19. The van der Waals surface area contributed by atoms with Crippen LogP contribution in [0, 0.1) is 16.7 Å². The predicted octanol–water partition coefficient (Wildman–Crippen LogP) is 2.67. The summed E-state index contributed by atoms with van der Waals surface area (Å²) in [7, 11) is 0. The lowest BCUT2D eigenvalue weighted by Gasteiger charge is -2.39. The molecule has 1 N–H and O–H groups in total. The number of carbonyl (C=O) groups is 1. The second-order valence-corrected chi connectivity index (χ2v) is 7.59. The van der Waals surface area contributed by atoms with Gasteiger partial charge in [0.1, 0.15) is 5.69 Å². The molecule has 0 aliphatic heterocycles. The van der Waals surface area contributed by atoms with Crippen LogP contribution in [-0.4, -0.2) is 26.3 Å². The molecule has 0 saturated heterocycles. The van der Waals surface area contributed by atoms with Gasteiger partial charge in [0.15, 0.2) is 0 Å². The van der Waals surface area contributed by atoms with Gasteiger partial charge in [-0.05, 0) is 42.1 Å². The van der Waals surface area contributed by atoms with Gasteiger partial charge in [-0.15, -0.1) is 0 Å². The molecule has 2 aliphatic carbocycles. The molecule has 2 aromatic rings. The maximum Gasteiger partial charge on any atom is 0.271 e. The molecule has 5 nitrogen and oxygen atoms in total. The van der Waals surface area contributed by atoms with Crippen LogP contribution >= 0.6 is 0 Å². The molecule has 2 saturated carbocycles. The number of hydrogen-bond acceptors (Lipinski definition) is 3. The Kier molecular flexibility index (Phi) is 2.69. The van der Waals surface area contributed by atoms with Crippen LogP contribution in [0.3, 0.4) is 0 Å². The Morgan fingerprint density at radius 1 is 1.41 bits per heavy atom. The molecule has 22 heavy (non-hydrogen) atoms.